The fourth-order valence-electron chi connectivity index (χ4n) is 1.27. The van der Waals surface area contributed by atoms with Crippen LogP contribution >= 0.6 is 0 Å². The van der Waals surface area contributed by atoms with Crippen LogP contribution in [0.5, 0.6) is 5.75 Å². The summed E-state index contributed by atoms with van der Waals surface area (Å²) in [7, 11) is 1.47. The van der Waals surface area contributed by atoms with Crippen molar-refractivity contribution >= 4 is 6.29 Å². The van der Waals surface area contributed by atoms with Gasteiger partial charge in [0.15, 0.2) is 6.29 Å². The first kappa shape index (κ1) is 10.7. The van der Waals surface area contributed by atoms with Gasteiger partial charge >= 0.3 is 0 Å². The summed E-state index contributed by atoms with van der Waals surface area (Å²) in [4.78, 5) is 10.8. The van der Waals surface area contributed by atoms with Crippen LogP contribution in [-0.2, 0) is 6.42 Å². The van der Waals surface area contributed by atoms with Gasteiger partial charge in [-0.25, -0.2) is 0 Å². The Kier molecular flexibility index (Phi) is 3.43. The third kappa shape index (κ3) is 2.12. The van der Waals surface area contributed by atoms with Gasteiger partial charge in [-0.3, -0.25) is 4.79 Å². The van der Waals surface area contributed by atoms with E-state index in [1.165, 1.54) is 13.2 Å². The number of carbonyl (C=O) groups excluding carboxylic acids is 1. The maximum absolute atomic E-state index is 10.8. The zero-order valence-electron chi connectivity index (χ0n) is 8.15. The molecule has 0 bridgehead atoms. The third-order valence-electron chi connectivity index (χ3n) is 1.98. The molecular formula is C11H8N2O2. The summed E-state index contributed by atoms with van der Waals surface area (Å²) in [6, 6.07) is 6.90. The summed E-state index contributed by atoms with van der Waals surface area (Å²) in [6.45, 7) is 0. The van der Waals surface area contributed by atoms with Crippen molar-refractivity contribution in [2.45, 2.75) is 6.42 Å². The first-order valence-corrected chi connectivity index (χ1v) is 4.20. The molecule has 0 atom stereocenters. The number of hydrogen-bond donors (Lipinski definition) is 0. The number of aldehydes is 1. The van der Waals surface area contributed by atoms with Gasteiger partial charge in [-0.05, 0) is 17.7 Å². The van der Waals surface area contributed by atoms with Gasteiger partial charge in [-0.1, -0.05) is 0 Å². The van der Waals surface area contributed by atoms with Crippen molar-refractivity contribution in [1.82, 2.24) is 0 Å². The number of ether oxygens (including phenoxy) is 1. The van der Waals surface area contributed by atoms with Gasteiger partial charge in [-0.2, -0.15) is 10.5 Å². The molecule has 1 aromatic rings. The highest BCUT2D eigenvalue weighted by atomic mass is 16.5. The summed E-state index contributed by atoms with van der Waals surface area (Å²) >= 11 is 0. The summed E-state index contributed by atoms with van der Waals surface area (Å²) < 4.78 is 4.97. The molecule has 0 aliphatic heterocycles. The van der Waals surface area contributed by atoms with Crippen LogP contribution in [-0.4, -0.2) is 13.4 Å². The van der Waals surface area contributed by atoms with Crippen LogP contribution in [0.3, 0.4) is 0 Å². The zero-order valence-corrected chi connectivity index (χ0v) is 8.15. The Morgan fingerprint density at radius 2 is 2.20 bits per heavy atom. The van der Waals surface area contributed by atoms with Gasteiger partial charge in [0.1, 0.15) is 11.8 Å². The molecule has 0 radical (unpaired) electrons. The number of benzene rings is 1. The lowest BCUT2D eigenvalue weighted by Crippen LogP contribution is -1.98. The van der Waals surface area contributed by atoms with Gasteiger partial charge < -0.3 is 4.74 Å². The Labute approximate surface area is 87.3 Å². The molecule has 0 aromatic heterocycles. The molecular weight excluding hydrogens is 192 g/mol. The second-order valence-corrected chi connectivity index (χ2v) is 2.81. The zero-order chi connectivity index (χ0) is 11.3. The SMILES string of the molecule is COc1cc(C#N)c(C=O)c(CC#N)c1. The molecule has 0 fully saturated rings. The Balaban J connectivity index is 3.41. The van der Waals surface area contributed by atoms with Gasteiger partial charge in [-0.15, -0.1) is 0 Å². The maximum Gasteiger partial charge on any atom is 0.151 e. The quantitative estimate of drug-likeness (QED) is 0.692. The third-order valence-corrected chi connectivity index (χ3v) is 1.98. The van der Waals surface area contributed by atoms with Crippen LogP contribution < -0.4 is 4.74 Å². The second-order valence-electron chi connectivity index (χ2n) is 2.81. The summed E-state index contributed by atoms with van der Waals surface area (Å²) in [5.41, 5.74) is 1.01. The smallest absolute Gasteiger partial charge is 0.151 e. The van der Waals surface area contributed by atoms with Gasteiger partial charge in [0.05, 0.1) is 25.2 Å². The Hall–Kier alpha value is -2.33. The minimum absolute atomic E-state index is 0.0833. The second kappa shape index (κ2) is 4.78. The van der Waals surface area contributed by atoms with Gasteiger partial charge in [0.2, 0.25) is 0 Å². The standard InChI is InChI=1S/C11H8N2O2/c1-15-10-4-8(2-3-12)11(7-14)9(5-10)6-13/h4-5,7H,2H2,1H3. The minimum atomic E-state index is 0.0833. The summed E-state index contributed by atoms with van der Waals surface area (Å²) in [5, 5.41) is 17.4. The van der Waals surface area contributed by atoms with E-state index in [0.717, 1.165) is 0 Å². The topological polar surface area (TPSA) is 73.9 Å². The molecule has 1 rings (SSSR count). The molecule has 1 aromatic carbocycles. The van der Waals surface area contributed by atoms with Crippen molar-refractivity contribution in [2.75, 3.05) is 7.11 Å². The molecule has 74 valence electrons. The molecule has 0 aliphatic carbocycles. The number of methoxy groups -OCH3 is 1. The normalized spacial score (nSPS) is 8.73. The van der Waals surface area contributed by atoms with E-state index in [1.54, 1.807) is 6.07 Å². The van der Waals surface area contributed by atoms with E-state index in [0.29, 0.717) is 17.6 Å². The Morgan fingerprint density at radius 3 is 2.67 bits per heavy atom. The first-order valence-electron chi connectivity index (χ1n) is 4.20. The van der Waals surface area contributed by atoms with E-state index in [-0.39, 0.29) is 17.5 Å². The predicted octanol–water partition coefficient (Wildman–Crippen LogP) is 1.45. The van der Waals surface area contributed by atoms with Crippen molar-refractivity contribution in [3.05, 3.63) is 28.8 Å². The van der Waals surface area contributed by atoms with Crippen LogP contribution in [0.25, 0.3) is 0 Å². The van der Waals surface area contributed by atoms with Crippen LogP contribution in [0.15, 0.2) is 12.1 Å². The van der Waals surface area contributed by atoms with Crippen molar-refractivity contribution in [3.8, 4) is 17.9 Å². The largest absolute Gasteiger partial charge is 0.497 e. The highest BCUT2D eigenvalue weighted by molar-refractivity contribution is 5.82. The van der Waals surface area contributed by atoms with E-state index in [4.69, 9.17) is 15.3 Å². The van der Waals surface area contributed by atoms with Crippen molar-refractivity contribution in [3.63, 3.8) is 0 Å². The molecule has 0 spiro atoms. The lowest BCUT2D eigenvalue weighted by Gasteiger charge is -2.06. The molecule has 4 heteroatoms. The van der Waals surface area contributed by atoms with Crippen molar-refractivity contribution in [1.29, 1.82) is 10.5 Å². The lowest BCUT2D eigenvalue weighted by atomic mass is 10.0. The molecule has 0 heterocycles. The number of nitriles is 2. The number of nitrogens with zero attached hydrogens (tertiary/aromatic N) is 2. The number of rotatable bonds is 3. The summed E-state index contributed by atoms with van der Waals surface area (Å²) in [5.74, 6) is 0.474. The highest BCUT2D eigenvalue weighted by Gasteiger charge is 2.10. The molecule has 0 amide bonds. The van der Waals surface area contributed by atoms with Crippen LogP contribution in [0.1, 0.15) is 21.5 Å². The van der Waals surface area contributed by atoms with Gasteiger partial charge in [0.25, 0.3) is 0 Å². The Bertz CT molecular complexity index is 467. The van der Waals surface area contributed by atoms with E-state index in [2.05, 4.69) is 0 Å². The molecule has 0 saturated carbocycles. The van der Waals surface area contributed by atoms with E-state index < -0.39 is 0 Å². The molecule has 4 nitrogen and oxygen atoms in total. The highest BCUT2D eigenvalue weighted by Crippen LogP contribution is 2.21. The molecule has 0 saturated heterocycles. The predicted molar refractivity (Wildman–Crippen MR) is 52.4 cm³/mol. The average molecular weight is 200 g/mol. The number of hydrogen-bond acceptors (Lipinski definition) is 4. The lowest BCUT2D eigenvalue weighted by molar-refractivity contribution is 0.112. The molecule has 0 N–H and O–H groups in total. The molecule has 15 heavy (non-hydrogen) atoms. The van der Waals surface area contributed by atoms with Crippen LogP contribution in [0, 0.1) is 22.7 Å². The van der Waals surface area contributed by atoms with Crippen molar-refractivity contribution in [2.24, 2.45) is 0 Å². The number of carbonyl (C=O) groups is 1. The Morgan fingerprint density at radius 1 is 1.47 bits per heavy atom. The fourth-order valence-corrected chi connectivity index (χ4v) is 1.27. The van der Waals surface area contributed by atoms with E-state index >= 15 is 0 Å². The first-order chi connectivity index (χ1) is 7.26. The molecule has 0 aliphatic rings. The monoisotopic (exact) mass is 200 g/mol. The van der Waals surface area contributed by atoms with Crippen LogP contribution in [0.2, 0.25) is 0 Å². The molecule has 0 unspecified atom stereocenters. The maximum atomic E-state index is 10.8. The summed E-state index contributed by atoms with van der Waals surface area (Å²) in [6.07, 6.45) is 0.671. The van der Waals surface area contributed by atoms with Gasteiger partial charge in [0, 0.05) is 5.56 Å². The average Bonchev–Trinajstić information content (AvgIpc) is 2.28. The van der Waals surface area contributed by atoms with E-state index in [9.17, 15) is 4.79 Å². The van der Waals surface area contributed by atoms with E-state index in [1.807, 2.05) is 12.1 Å². The van der Waals surface area contributed by atoms with Crippen molar-refractivity contribution < 1.29 is 9.53 Å². The minimum Gasteiger partial charge on any atom is -0.497 e. The fraction of sp³-hybridized carbons (Fsp3) is 0.182. The van der Waals surface area contributed by atoms with Crippen LogP contribution in [0.4, 0.5) is 0 Å².